The lowest BCUT2D eigenvalue weighted by Gasteiger charge is -2.26. The number of hydrogen-bond acceptors (Lipinski definition) is 5. The summed E-state index contributed by atoms with van der Waals surface area (Å²) >= 11 is 0. The number of hydrogen-bond donors (Lipinski definition) is 6. The minimum absolute atomic E-state index is 0.507. The van der Waals surface area contributed by atoms with Crippen molar-refractivity contribution in [2.24, 2.45) is 13.8 Å². The van der Waals surface area contributed by atoms with E-state index in [1.807, 2.05) is 0 Å². The number of likely N-dealkylation sites (N-methyl/N-ethyl adjacent to an activating group) is 2. The Hall–Kier alpha value is -0.530. The molecule has 0 aromatic rings. The molecule has 0 spiro atoms. The van der Waals surface area contributed by atoms with E-state index >= 15 is 0 Å². The second-order valence-electron chi connectivity index (χ2n) is 9.19. The highest BCUT2D eigenvalue weighted by atomic mass is 31.2. The molecule has 6 N–H and O–H groups in total. The van der Waals surface area contributed by atoms with E-state index in [0.717, 1.165) is 38.8 Å². The molecule has 0 bridgehead atoms. The Morgan fingerprint density at radius 3 is 1.59 bits per heavy atom. The lowest BCUT2D eigenvalue weighted by molar-refractivity contribution is -0.140. The predicted octanol–water partition coefficient (Wildman–Crippen LogP) is 3.89. The summed E-state index contributed by atoms with van der Waals surface area (Å²) in [6.45, 7) is 12.0. The first kappa shape index (κ1) is 33.5. The molecule has 0 rings (SSSR count). The van der Waals surface area contributed by atoms with Crippen LogP contribution in [0.2, 0.25) is 0 Å². The van der Waals surface area contributed by atoms with Gasteiger partial charge in [0.15, 0.2) is 0 Å². The van der Waals surface area contributed by atoms with Gasteiger partial charge in [0, 0.05) is 34.0 Å². The van der Waals surface area contributed by atoms with Crippen LogP contribution in [0.4, 0.5) is 0 Å². The van der Waals surface area contributed by atoms with Gasteiger partial charge < -0.3 is 20.8 Å². The van der Waals surface area contributed by atoms with E-state index in [4.69, 9.17) is 19.2 Å². The van der Waals surface area contributed by atoms with Crippen LogP contribution < -0.4 is 20.8 Å². The van der Waals surface area contributed by atoms with Gasteiger partial charge in [-0.3, -0.25) is 24.5 Å². The average Bonchev–Trinajstić information content (AvgIpc) is 2.71. The molecule has 0 amide bonds. The van der Waals surface area contributed by atoms with Crippen molar-refractivity contribution in [2.45, 2.75) is 50.6 Å². The van der Waals surface area contributed by atoms with Crippen LogP contribution in [0.1, 0.15) is 38.5 Å². The minimum atomic E-state index is -2.19. The molecule has 11 nitrogen and oxygen atoms in total. The smallest absolute Gasteiger partial charge is 0.320 e. The molecule has 0 aromatic heterocycles. The third kappa shape index (κ3) is 14.8. The average molecular weight is 544 g/mol. The molecule has 0 radical (unpaired) electrons. The van der Waals surface area contributed by atoms with Crippen LogP contribution in [-0.4, -0.2) is 102 Å². The second-order valence-corrected chi connectivity index (χ2v) is 18.9. The fourth-order valence-electron chi connectivity index (χ4n) is 3.39. The molecule has 0 heterocycles. The standard InChI is InChI=1S/C20H48N7O4P3/c1-21-17(19(28)29)13-9-11-15-24-33(6,7)27-34(8,26-32(4,5)23-3)25-16-12-10-14-18(22-2)20(30)31/h17-18,21-22,24-25H,9-16H2,1-8H3,(H,28,29)(H,30,31)/t17-,18-,34?/m0/s1. The number of carboxylic acids is 2. The van der Waals surface area contributed by atoms with Crippen LogP contribution >= 0.6 is 21.8 Å². The van der Waals surface area contributed by atoms with Crippen LogP contribution in [0, 0.1) is 0 Å². The SMILES string of the molecule is CN=P(C)(C)N=P(C)(N=P(C)(C)NCCCC[C@H](NC)C(=O)O)NCCCC[C@H](NC)C(=O)O. The zero-order valence-corrected chi connectivity index (χ0v) is 24.9. The van der Waals surface area contributed by atoms with Crippen molar-refractivity contribution in [1.82, 2.24) is 20.8 Å². The molecule has 0 aliphatic rings. The van der Waals surface area contributed by atoms with Crippen LogP contribution in [0.3, 0.4) is 0 Å². The van der Waals surface area contributed by atoms with Gasteiger partial charge in [-0.05, 0) is 66.4 Å². The fraction of sp³-hybridized carbons (Fsp3) is 0.900. The summed E-state index contributed by atoms with van der Waals surface area (Å²) in [6.07, 6.45) is 4.51. The van der Waals surface area contributed by atoms with Crippen molar-refractivity contribution in [3.05, 3.63) is 0 Å². The lowest BCUT2D eigenvalue weighted by atomic mass is 10.1. The number of nitrogens with zero attached hydrogens (tertiary/aromatic N) is 3. The van der Waals surface area contributed by atoms with Gasteiger partial charge in [0.25, 0.3) is 0 Å². The molecule has 0 saturated carbocycles. The fourth-order valence-corrected chi connectivity index (χ4v) is 13.1. The largest absolute Gasteiger partial charge is 0.480 e. The van der Waals surface area contributed by atoms with E-state index in [1.165, 1.54) is 0 Å². The summed E-state index contributed by atoms with van der Waals surface area (Å²) in [7, 11) is -0.655. The summed E-state index contributed by atoms with van der Waals surface area (Å²) < 4.78 is 14.8. The molecule has 34 heavy (non-hydrogen) atoms. The Labute approximate surface area is 206 Å². The second kappa shape index (κ2) is 16.3. The molecule has 0 fully saturated rings. The maximum Gasteiger partial charge on any atom is 0.320 e. The Morgan fingerprint density at radius 1 is 0.765 bits per heavy atom. The van der Waals surface area contributed by atoms with Gasteiger partial charge in [0.05, 0.1) is 7.21 Å². The van der Waals surface area contributed by atoms with E-state index in [2.05, 4.69) is 58.9 Å². The minimum Gasteiger partial charge on any atom is -0.480 e. The maximum atomic E-state index is 11.2. The molecule has 14 heteroatoms. The summed E-state index contributed by atoms with van der Waals surface area (Å²) in [5.41, 5.74) is 0. The van der Waals surface area contributed by atoms with Gasteiger partial charge >= 0.3 is 11.9 Å². The van der Waals surface area contributed by atoms with Crippen molar-refractivity contribution in [3.63, 3.8) is 0 Å². The van der Waals surface area contributed by atoms with E-state index in [9.17, 15) is 9.59 Å². The van der Waals surface area contributed by atoms with Gasteiger partial charge in [-0.1, -0.05) is 12.8 Å². The van der Waals surface area contributed by atoms with Crippen LogP contribution in [-0.2, 0) is 9.59 Å². The third-order valence-electron chi connectivity index (χ3n) is 5.32. The number of nitrogens with one attached hydrogen (secondary N) is 4. The van der Waals surface area contributed by atoms with Crippen molar-refractivity contribution < 1.29 is 19.8 Å². The van der Waals surface area contributed by atoms with Crippen LogP contribution in [0.25, 0.3) is 0 Å². The van der Waals surface area contributed by atoms with Crippen molar-refractivity contribution in [1.29, 1.82) is 0 Å². The zero-order chi connectivity index (χ0) is 26.4. The molecule has 0 aliphatic carbocycles. The number of aliphatic carboxylic acids is 2. The lowest BCUT2D eigenvalue weighted by Crippen LogP contribution is -2.33. The van der Waals surface area contributed by atoms with Gasteiger partial charge in [-0.25, -0.2) is 9.03 Å². The Morgan fingerprint density at radius 2 is 1.21 bits per heavy atom. The highest BCUT2D eigenvalue weighted by Crippen LogP contribution is 2.61. The van der Waals surface area contributed by atoms with E-state index in [0.29, 0.717) is 12.8 Å². The molecule has 0 aliphatic heterocycles. The first-order valence-electron chi connectivity index (χ1n) is 11.7. The third-order valence-corrected chi connectivity index (χ3v) is 14.4. The molecular weight excluding hydrogens is 495 g/mol. The molecule has 0 aromatic carbocycles. The monoisotopic (exact) mass is 543 g/mol. The van der Waals surface area contributed by atoms with Gasteiger partial charge in [0.1, 0.15) is 19.4 Å². The van der Waals surface area contributed by atoms with Crippen molar-refractivity contribution in [3.8, 4) is 0 Å². The van der Waals surface area contributed by atoms with Gasteiger partial charge in [-0.2, -0.15) is 0 Å². The molecule has 0 saturated heterocycles. The number of carboxylic acid groups (broad SMARTS) is 2. The Kier molecular flexibility index (Phi) is 16.0. The topological polar surface area (TPSA) is 160 Å². The number of unbranched alkanes of at least 4 members (excludes halogenated alkanes) is 2. The highest BCUT2D eigenvalue weighted by molar-refractivity contribution is 7.78. The summed E-state index contributed by atoms with van der Waals surface area (Å²) in [5.74, 6) is -1.64. The van der Waals surface area contributed by atoms with Crippen LogP contribution in [0.15, 0.2) is 13.8 Å². The normalized spacial score (nSPS) is 15.8. The maximum absolute atomic E-state index is 11.2. The van der Waals surface area contributed by atoms with Gasteiger partial charge in [-0.15, -0.1) is 0 Å². The van der Waals surface area contributed by atoms with E-state index in [1.54, 1.807) is 21.1 Å². The van der Waals surface area contributed by atoms with E-state index < -0.39 is 45.8 Å². The Bertz CT molecular complexity index is 808. The van der Waals surface area contributed by atoms with Crippen molar-refractivity contribution >= 4 is 33.7 Å². The molecule has 1 unspecified atom stereocenters. The first-order chi connectivity index (χ1) is 15.7. The predicted molar refractivity (Wildman–Crippen MR) is 148 cm³/mol. The molecule has 3 atom stereocenters. The Balaban J connectivity index is 5.16. The van der Waals surface area contributed by atoms with E-state index in [-0.39, 0.29) is 0 Å². The van der Waals surface area contributed by atoms with Crippen LogP contribution in [0.5, 0.6) is 0 Å². The summed E-state index contributed by atoms with van der Waals surface area (Å²) in [4.78, 5) is 22.3. The summed E-state index contributed by atoms with van der Waals surface area (Å²) in [5, 5.41) is 31.1. The van der Waals surface area contributed by atoms with Crippen molar-refractivity contribution in [2.75, 3.05) is 67.6 Å². The van der Waals surface area contributed by atoms with Gasteiger partial charge in [0.2, 0.25) is 0 Å². The quantitative estimate of drug-likeness (QED) is 0.112. The molecular formula is C20H48N7O4P3. The first-order valence-corrected chi connectivity index (χ1v) is 19.0. The zero-order valence-electron chi connectivity index (χ0n) is 22.2. The number of rotatable bonds is 18. The highest BCUT2D eigenvalue weighted by Gasteiger charge is 2.19. The molecule has 202 valence electrons. The number of carbonyl (C=O) groups is 2. The summed E-state index contributed by atoms with van der Waals surface area (Å²) in [6, 6.07) is -1.03.